The number of nitrogens with two attached hydrogens (primary N) is 1. The Hall–Kier alpha value is -1.47. The molecule has 0 bridgehead atoms. The lowest BCUT2D eigenvalue weighted by Gasteiger charge is -2.23. The summed E-state index contributed by atoms with van der Waals surface area (Å²) in [6.45, 7) is 6.79. The Labute approximate surface area is 118 Å². The van der Waals surface area contributed by atoms with Crippen LogP contribution in [0.3, 0.4) is 0 Å². The number of carbonyl (C=O) groups is 1. The molecular weight excluding hydrogens is 283 g/mol. The van der Waals surface area contributed by atoms with Crippen molar-refractivity contribution < 1.29 is 17.6 Å². The van der Waals surface area contributed by atoms with Crippen molar-refractivity contribution in [2.45, 2.75) is 25.7 Å². The zero-order chi connectivity index (χ0) is 15.5. The molecule has 1 aromatic carbocycles. The second-order valence-electron chi connectivity index (χ2n) is 4.93. The summed E-state index contributed by atoms with van der Waals surface area (Å²) in [5, 5.41) is 4.92. The van der Waals surface area contributed by atoms with Gasteiger partial charge in [-0.1, -0.05) is 13.8 Å². The fourth-order valence-corrected chi connectivity index (χ4v) is 2.46. The van der Waals surface area contributed by atoms with Crippen LogP contribution in [-0.2, 0) is 10.0 Å². The quantitative estimate of drug-likeness (QED) is 0.897. The molecule has 0 atom stereocenters. The molecule has 0 saturated carbocycles. The van der Waals surface area contributed by atoms with Crippen molar-refractivity contribution in [3.05, 3.63) is 29.6 Å². The zero-order valence-electron chi connectivity index (χ0n) is 11.8. The van der Waals surface area contributed by atoms with E-state index in [0.29, 0.717) is 13.1 Å². The molecule has 0 spiro atoms. The van der Waals surface area contributed by atoms with Crippen molar-refractivity contribution in [1.82, 2.24) is 4.90 Å². The van der Waals surface area contributed by atoms with Gasteiger partial charge < -0.3 is 4.90 Å². The molecule has 0 aliphatic carbocycles. The molecule has 1 rings (SSSR count). The largest absolute Gasteiger partial charge is 0.339 e. The standard InChI is InChI=1S/C13H19FN2O3S/c1-4-16(8-9(2)3)13(17)10-5-6-11(14)12(7-10)20(15,18)19/h5-7,9H,4,8H2,1-3H3,(H2,15,18,19). The van der Waals surface area contributed by atoms with Gasteiger partial charge in [-0.05, 0) is 31.0 Å². The van der Waals surface area contributed by atoms with Crippen LogP contribution in [0.5, 0.6) is 0 Å². The highest BCUT2D eigenvalue weighted by Gasteiger charge is 2.20. The molecule has 5 nitrogen and oxygen atoms in total. The molecule has 1 amide bonds. The van der Waals surface area contributed by atoms with Crippen LogP contribution in [0.15, 0.2) is 23.1 Å². The Kier molecular flexibility index (Phi) is 5.24. The van der Waals surface area contributed by atoms with Crippen molar-refractivity contribution in [2.24, 2.45) is 11.1 Å². The van der Waals surface area contributed by atoms with Crippen molar-refractivity contribution in [3.8, 4) is 0 Å². The summed E-state index contributed by atoms with van der Waals surface area (Å²) in [5.74, 6) is -1.03. The van der Waals surface area contributed by atoms with Crippen LogP contribution in [0.2, 0.25) is 0 Å². The van der Waals surface area contributed by atoms with E-state index in [1.807, 2.05) is 20.8 Å². The normalized spacial score (nSPS) is 11.7. The first-order valence-corrected chi connectivity index (χ1v) is 7.83. The maximum Gasteiger partial charge on any atom is 0.253 e. The van der Waals surface area contributed by atoms with E-state index in [2.05, 4.69) is 0 Å². The minimum atomic E-state index is -4.19. The summed E-state index contributed by atoms with van der Waals surface area (Å²) in [4.78, 5) is 13.2. The molecule has 0 aromatic heterocycles. The Morgan fingerprint density at radius 3 is 2.45 bits per heavy atom. The van der Waals surface area contributed by atoms with Gasteiger partial charge in [0.25, 0.3) is 5.91 Å². The smallest absolute Gasteiger partial charge is 0.253 e. The zero-order valence-corrected chi connectivity index (χ0v) is 12.6. The highest BCUT2D eigenvalue weighted by molar-refractivity contribution is 7.89. The van der Waals surface area contributed by atoms with E-state index in [4.69, 9.17) is 5.14 Å². The number of hydrogen-bond donors (Lipinski definition) is 1. The van der Waals surface area contributed by atoms with Gasteiger partial charge in [0.15, 0.2) is 0 Å². The van der Waals surface area contributed by atoms with Crippen LogP contribution in [0.4, 0.5) is 4.39 Å². The van der Waals surface area contributed by atoms with Gasteiger partial charge in [0.05, 0.1) is 0 Å². The highest BCUT2D eigenvalue weighted by Crippen LogP contribution is 2.17. The van der Waals surface area contributed by atoms with E-state index in [9.17, 15) is 17.6 Å². The molecule has 0 fully saturated rings. The molecule has 0 saturated heterocycles. The molecule has 1 aromatic rings. The van der Waals surface area contributed by atoms with Crippen LogP contribution in [0, 0.1) is 11.7 Å². The molecule has 7 heteroatoms. The lowest BCUT2D eigenvalue weighted by Crippen LogP contribution is -2.34. The first-order valence-electron chi connectivity index (χ1n) is 6.28. The number of nitrogens with zero attached hydrogens (tertiary/aromatic N) is 1. The summed E-state index contributed by atoms with van der Waals surface area (Å²) >= 11 is 0. The molecule has 0 unspecified atom stereocenters. The van der Waals surface area contributed by atoms with Gasteiger partial charge in [-0.3, -0.25) is 4.79 Å². The van der Waals surface area contributed by atoms with Crippen LogP contribution < -0.4 is 5.14 Å². The van der Waals surface area contributed by atoms with Gasteiger partial charge >= 0.3 is 0 Å². The van der Waals surface area contributed by atoms with Gasteiger partial charge in [0, 0.05) is 18.7 Å². The summed E-state index contributed by atoms with van der Waals surface area (Å²) in [5.41, 5.74) is 0.109. The Morgan fingerprint density at radius 2 is 2.00 bits per heavy atom. The van der Waals surface area contributed by atoms with Crippen LogP contribution in [-0.4, -0.2) is 32.3 Å². The maximum absolute atomic E-state index is 13.4. The lowest BCUT2D eigenvalue weighted by molar-refractivity contribution is 0.0745. The number of rotatable bonds is 5. The van der Waals surface area contributed by atoms with E-state index in [1.165, 1.54) is 6.07 Å². The molecule has 112 valence electrons. The number of hydrogen-bond acceptors (Lipinski definition) is 3. The first kappa shape index (κ1) is 16.6. The second kappa shape index (κ2) is 6.32. The van der Waals surface area contributed by atoms with Crippen molar-refractivity contribution in [2.75, 3.05) is 13.1 Å². The first-order chi connectivity index (χ1) is 9.16. The predicted molar refractivity (Wildman–Crippen MR) is 74.2 cm³/mol. The number of sulfonamides is 1. The molecule has 0 radical (unpaired) electrons. The average molecular weight is 302 g/mol. The highest BCUT2D eigenvalue weighted by atomic mass is 32.2. The molecule has 0 heterocycles. The summed E-state index contributed by atoms with van der Waals surface area (Å²) in [6, 6.07) is 3.18. The SMILES string of the molecule is CCN(CC(C)C)C(=O)c1ccc(F)c(S(N)(=O)=O)c1. The molecule has 0 aliphatic rings. The van der Waals surface area contributed by atoms with E-state index in [1.54, 1.807) is 4.90 Å². The average Bonchev–Trinajstić information content (AvgIpc) is 2.34. The number of benzene rings is 1. The van der Waals surface area contributed by atoms with E-state index >= 15 is 0 Å². The predicted octanol–water partition coefficient (Wildman–Crippen LogP) is 1.59. The fourth-order valence-electron chi connectivity index (χ4n) is 1.83. The lowest BCUT2D eigenvalue weighted by atomic mass is 10.1. The molecule has 2 N–H and O–H groups in total. The van der Waals surface area contributed by atoms with Crippen molar-refractivity contribution in [3.63, 3.8) is 0 Å². The van der Waals surface area contributed by atoms with Gasteiger partial charge in [-0.25, -0.2) is 17.9 Å². The topological polar surface area (TPSA) is 80.5 Å². The summed E-state index contributed by atoms with van der Waals surface area (Å²) < 4.78 is 36.0. The van der Waals surface area contributed by atoms with Crippen LogP contribution in [0.1, 0.15) is 31.1 Å². The maximum atomic E-state index is 13.4. The summed E-state index contributed by atoms with van der Waals surface area (Å²) in [6.07, 6.45) is 0. The van der Waals surface area contributed by atoms with Crippen LogP contribution >= 0.6 is 0 Å². The number of amides is 1. The summed E-state index contributed by atoms with van der Waals surface area (Å²) in [7, 11) is -4.19. The minimum absolute atomic E-state index is 0.109. The third-order valence-electron chi connectivity index (χ3n) is 2.74. The van der Waals surface area contributed by atoms with E-state index in [-0.39, 0.29) is 17.4 Å². The second-order valence-corrected chi connectivity index (χ2v) is 6.46. The number of carbonyl (C=O) groups excluding carboxylic acids is 1. The van der Waals surface area contributed by atoms with Crippen molar-refractivity contribution >= 4 is 15.9 Å². The molecule has 0 aliphatic heterocycles. The number of halogens is 1. The Bertz CT molecular complexity index is 600. The Balaban J connectivity index is 3.17. The van der Waals surface area contributed by atoms with Crippen molar-refractivity contribution in [1.29, 1.82) is 0 Å². The Morgan fingerprint density at radius 1 is 1.40 bits per heavy atom. The van der Waals surface area contributed by atoms with Gasteiger partial charge in [-0.2, -0.15) is 0 Å². The monoisotopic (exact) mass is 302 g/mol. The van der Waals surface area contributed by atoms with E-state index in [0.717, 1.165) is 12.1 Å². The van der Waals surface area contributed by atoms with Crippen LogP contribution in [0.25, 0.3) is 0 Å². The van der Waals surface area contributed by atoms with E-state index < -0.39 is 20.7 Å². The van der Waals surface area contributed by atoms with Gasteiger partial charge in [0.1, 0.15) is 10.7 Å². The third kappa shape index (κ3) is 4.01. The molecule has 20 heavy (non-hydrogen) atoms. The molecular formula is C13H19FN2O3S. The third-order valence-corrected chi connectivity index (χ3v) is 3.67. The van der Waals surface area contributed by atoms with Gasteiger partial charge in [-0.15, -0.1) is 0 Å². The number of primary sulfonamides is 1. The minimum Gasteiger partial charge on any atom is -0.339 e. The fraction of sp³-hybridized carbons (Fsp3) is 0.462. The van der Waals surface area contributed by atoms with Gasteiger partial charge in [0.2, 0.25) is 10.0 Å².